The number of para-hydroxylation sites is 1. The zero-order valence-electron chi connectivity index (χ0n) is 12.2. The number of rotatable bonds is 2. The Morgan fingerprint density at radius 3 is 2.20 bits per heavy atom. The fraction of sp³-hybridized carbons (Fsp3) is 0.353. The Labute approximate surface area is 120 Å². The first-order valence-corrected chi connectivity index (χ1v) is 7.23. The Bertz CT molecular complexity index is 586. The summed E-state index contributed by atoms with van der Waals surface area (Å²) >= 11 is 0. The van der Waals surface area contributed by atoms with Gasteiger partial charge < -0.3 is 9.80 Å². The normalized spacial score (nSPS) is 15.5. The van der Waals surface area contributed by atoms with Crippen molar-refractivity contribution in [2.24, 2.45) is 0 Å². The van der Waals surface area contributed by atoms with Gasteiger partial charge in [0.1, 0.15) is 5.82 Å². The maximum absolute atomic E-state index is 4.62. The molecule has 1 aliphatic heterocycles. The molecule has 3 rings (SSSR count). The zero-order chi connectivity index (χ0) is 13.9. The van der Waals surface area contributed by atoms with Crippen molar-refractivity contribution >= 4 is 11.5 Å². The number of pyridine rings is 1. The van der Waals surface area contributed by atoms with Crippen LogP contribution in [-0.2, 0) is 0 Å². The molecule has 1 saturated heterocycles. The van der Waals surface area contributed by atoms with Gasteiger partial charge in [-0.1, -0.05) is 24.3 Å². The molecular formula is C17H21N3. The van der Waals surface area contributed by atoms with E-state index in [2.05, 4.69) is 58.1 Å². The van der Waals surface area contributed by atoms with Crippen LogP contribution >= 0.6 is 0 Å². The highest BCUT2D eigenvalue weighted by atomic mass is 15.3. The Balaban J connectivity index is 1.70. The van der Waals surface area contributed by atoms with E-state index in [0.717, 1.165) is 37.7 Å². The van der Waals surface area contributed by atoms with Crippen LogP contribution < -0.4 is 9.80 Å². The van der Waals surface area contributed by atoms with E-state index in [9.17, 15) is 0 Å². The van der Waals surface area contributed by atoms with Crippen LogP contribution in [0, 0.1) is 13.8 Å². The highest BCUT2D eigenvalue weighted by molar-refractivity contribution is 5.54. The van der Waals surface area contributed by atoms with Crippen LogP contribution in [0.25, 0.3) is 0 Å². The topological polar surface area (TPSA) is 19.4 Å². The van der Waals surface area contributed by atoms with E-state index < -0.39 is 0 Å². The maximum atomic E-state index is 4.62. The second-order valence-electron chi connectivity index (χ2n) is 5.40. The first-order valence-electron chi connectivity index (χ1n) is 7.23. The summed E-state index contributed by atoms with van der Waals surface area (Å²) in [6.07, 6.45) is 0. The second-order valence-corrected chi connectivity index (χ2v) is 5.40. The number of aromatic nitrogens is 1. The lowest BCUT2D eigenvalue weighted by Crippen LogP contribution is -2.47. The van der Waals surface area contributed by atoms with E-state index in [1.165, 1.54) is 11.3 Å². The minimum Gasteiger partial charge on any atom is -0.368 e. The molecule has 0 bridgehead atoms. The lowest BCUT2D eigenvalue weighted by molar-refractivity contribution is 0.646. The van der Waals surface area contributed by atoms with E-state index in [0.29, 0.717) is 0 Å². The minimum atomic E-state index is 1.03. The van der Waals surface area contributed by atoms with E-state index in [1.807, 2.05) is 13.0 Å². The van der Waals surface area contributed by atoms with Crippen molar-refractivity contribution in [2.75, 3.05) is 36.0 Å². The summed E-state index contributed by atoms with van der Waals surface area (Å²) < 4.78 is 0. The van der Waals surface area contributed by atoms with Gasteiger partial charge in [0.25, 0.3) is 0 Å². The molecule has 0 atom stereocenters. The molecule has 1 aromatic carbocycles. The molecule has 0 saturated carbocycles. The average molecular weight is 267 g/mol. The number of aryl methyl sites for hydroxylation is 2. The summed E-state index contributed by atoms with van der Waals surface area (Å²) in [7, 11) is 0. The van der Waals surface area contributed by atoms with Crippen molar-refractivity contribution in [3.05, 3.63) is 53.7 Å². The van der Waals surface area contributed by atoms with Gasteiger partial charge >= 0.3 is 0 Å². The molecule has 3 heteroatoms. The van der Waals surface area contributed by atoms with Gasteiger partial charge in [-0.15, -0.1) is 0 Å². The summed E-state index contributed by atoms with van der Waals surface area (Å²) in [6.45, 7) is 8.41. The van der Waals surface area contributed by atoms with Gasteiger partial charge in [0.15, 0.2) is 0 Å². The van der Waals surface area contributed by atoms with Gasteiger partial charge in [-0.25, -0.2) is 4.98 Å². The number of hydrogen-bond acceptors (Lipinski definition) is 3. The molecule has 3 nitrogen and oxygen atoms in total. The Morgan fingerprint density at radius 2 is 1.50 bits per heavy atom. The average Bonchev–Trinajstić information content (AvgIpc) is 2.48. The third-order valence-corrected chi connectivity index (χ3v) is 3.93. The fourth-order valence-corrected chi connectivity index (χ4v) is 2.80. The summed E-state index contributed by atoms with van der Waals surface area (Å²) in [5.41, 5.74) is 3.81. The Kier molecular flexibility index (Phi) is 3.59. The number of anilines is 2. The molecule has 0 spiro atoms. The van der Waals surface area contributed by atoms with Crippen LogP contribution in [0.1, 0.15) is 11.3 Å². The largest absolute Gasteiger partial charge is 0.368 e. The molecule has 1 aliphatic rings. The van der Waals surface area contributed by atoms with Gasteiger partial charge in [-0.3, -0.25) is 0 Å². The van der Waals surface area contributed by atoms with E-state index in [1.54, 1.807) is 0 Å². The molecule has 1 fully saturated rings. The summed E-state index contributed by atoms with van der Waals surface area (Å²) in [5.74, 6) is 1.11. The molecule has 2 heterocycles. The first kappa shape index (κ1) is 13.0. The maximum Gasteiger partial charge on any atom is 0.128 e. The van der Waals surface area contributed by atoms with E-state index in [4.69, 9.17) is 0 Å². The van der Waals surface area contributed by atoms with Crippen molar-refractivity contribution < 1.29 is 0 Å². The van der Waals surface area contributed by atoms with Gasteiger partial charge in [0.05, 0.1) is 0 Å². The lowest BCUT2D eigenvalue weighted by atomic mass is 10.1. The smallest absolute Gasteiger partial charge is 0.128 e. The molecule has 0 aliphatic carbocycles. The molecule has 2 aromatic rings. The van der Waals surface area contributed by atoms with Crippen LogP contribution in [0.15, 0.2) is 42.5 Å². The third-order valence-electron chi connectivity index (χ3n) is 3.93. The quantitative estimate of drug-likeness (QED) is 0.834. The Morgan fingerprint density at radius 1 is 0.800 bits per heavy atom. The highest BCUT2D eigenvalue weighted by Gasteiger charge is 2.19. The number of benzene rings is 1. The van der Waals surface area contributed by atoms with Crippen molar-refractivity contribution in [1.29, 1.82) is 0 Å². The SMILES string of the molecule is Cc1cccc(N2CCN(c3ccccc3C)CC2)n1. The molecule has 104 valence electrons. The van der Waals surface area contributed by atoms with Gasteiger partial charge in [-0.2, -0.15) is 0 Å². The number of hydrogen-bond donors (Lipinski definition) is 0. The lowest BCUT2D eigenvalue weighted by Gasteiger charge is -2.37. The molecule has 1 aromatic heterocycles. The summed E-state index contributed by atoms with van der Waals surface area (Å²) in [6, 6.07) is 14.9. The van der Waals surface area contributed by atoms with Gasteiger partial charge in [-0.05, 0) is 37.6 Å². The van der Waals surface area contributed by atoms with Crippen LogP contribution in [0.2, 0.25) is 0 Å². The molecule has 0 N–H and O–H groups in total. The van der Waals surface area contributed by atoms with Crippen molar-refractivity contribution in [3.8, 4) is 0 Å². The van der Waals surface area contributed by atoms with Crippen molar-refractivity contribution in [2.45, 2.75) is 13.8 Å². The van der Waals surface area contributed by atoms with Crippen molar-refractivity contribution in [1.82, 2.24) is 4.98 Å². The Hall–Kier alpha value is -2.03. The number of nitrogens with zero attached hydrogens (tertiary/aromatic N) is 3. The van der Waals surface area contributed by atoms with Crippen LogP contribution in [0.5, 0.6) is 0 Å². The fourth-order valence-electron chi connectivity index (χ4n) is 2.80. The second kappa shape index (κ2) is 5.53. The first-order chi connectivity index (χ1) is 9.74. The summed E-state index contributed by atoms with van der Waals surface area (Å²) in [5, 5.41) is 0. The van der Waals surface area contributed by atoms with Crippen molar-refractivity contribution in [3.63, 3.8) is 0 Å². The van der Waals surface area contributed by atoms with Gasteiger partial charge in [0, 0.05) is 37.6 Å². The van der Waals surface area contributed by atoms with E-state index >= 15 is 0 Å². The third kappa shape index (κ3) is 2.62. The minimum absolute atomic E-state index is 1.03. The van der Waals surface area contributed by atoms with Gasteiger partial charge in [0.2, 0.25) is 0 Å². The highest BCUT2D eigenvalue weighted by Crippen LogP contribution is 2.22. The molecule has 0 amide bonds. The molecule has 0 unspecified atom stereocenters. The van der Waals surface area contributed by atoms with Crippen LogP contribution in [0.4, 0.5) is 11.5 Å². The molecular weight excluding hydrogens is 246 g/mol. The van der Waals surface area contributed by atoms with Crippen LogP contribution in [-0.4, -0.2) is 31.2 Å². The number of piperazine rings is 1. The predicted molar refractivity (Wildman–Crippen MR) is 84.6 cm³/mol. The summed E-state index contributed by atoms with van der Waals surface area (Å²) in [4.78, 5) is 9.47. The monoisotopic (exact) mass is 267 g/mol. The molecule has 20 heavy (non-hydrogen) atoms. The standard InChI is InChI=1S/C17H21N3/c1-14-6-3-4-8-16(14)19-10-12-20(13-11-19)17-9-5-7-15(2)18-17/h3-9H,10-13H2,1-2H3. The zero-order valence-corrected chi connectivity index (χ0v) is 12.2. The van der Waals surface area contributed by atoms with E-state index in [-0.39, 0.29) is 0 Å². The van der Waals surface area contributed by atoms with Crippen LogP contribution in [0.3, 0.4) is 0 Å². The molecule has 0 radical (unpaired) electrons. The predicted octanol–water partition coefficient (Wildman–Crippen LogP) is 3.03.